The number of aromatic nitrogens is 3. The summed E-state index contributed by atoms with van der Waals surface area (Å²) >= 11 is 0. The quantitative estimate of drug-likeness (QED) is 0.356. The van der Waals surface area contributed by atoms with Gasteiger partial charge in [-0.25, -0.2) is 14.8 Å². The highest BCUT2D eigenvalue weighted by atomic mass is 16.2. The number of urea groups is 1. The van der Waals surface area contributed by atoms with Gasteiger partial charge in [-0.1, -0.05) is 24.3 Å². The molecule has 0 unspecified atom stereocenters. The number of nitrogens with one attached hydrogen (secondary N) is 1. The lowest BCUT2D eigenvalue weighted by Crippen LogP contribution is -2.47. The summed E-state index contributed by atoms with van der Waals surface area (Å²) in [5.74, 6) is 0.475. The first-order chi connectivity index (χ1) is 16.6. The number of benzene rings is 1. The van der Waals surface area contributed by atoms with Crippen molar-refractivity contribution in [3.63, 3.8) is 0 Å². The van der Waals surface area contributed by atoms with E-state index in [4.69, 9.17) is 11.5 Å². The Kier molecular flexibility index (Phi) is 7.61. The summed E-state index contributed by atoms with van der Waals surface area (Å²) in [7, 11) is 0. The van der Waals surface area contributed by atoms with E-state index in [0.717, 1.165) is 67.5 Å². The Labute approximate surface area is 198 Å². The molecule has 0 aliphatic carbocycles. The molecular formula is C24H29N9O. The molecular weight excluding hydrogens is 430 g/mol. The molecule has 176 valence electrons. The second kappa shape index (κ2) is 11.2. The number of carbonyl (C=O) groups excluding carboxylic acids is 1. The minimum absolute atomic E-state index is 0.269. The van der Waals surface area contributed by atoms with E-state index in [2.05, 4.69) is 41.1 Å². The number of carbonyl (C=O) groups is 1. The molecule has 0 saturated carbocycles. The van der Waals surface area contributed by atoms with Crippen LogP contribution in [0.15, 0.2) is 66.0 Å². The first-order valence-corrected chi connectivity index (χ1v) is 11.2. The first-order valence-electron chi connectivity index (χ1n) is 11.2. The van der Waals surface area contributed by atoms with Gasteiger partial charge >= 0.3 is 6.03 Å². The fraction of sp³-hybridized carbons (Fsp3) is 0.292. The molecule has 1 aromatic carbocycles. The number of anilines is 1. The van der Waals surface area contributed by atoms with Gasteiger partial charge in [0.15, 0.2) is 5.96 Å². The van der Waals surface area contributed by atoms with Crippen LogP contribution in [0.1, 0.15) is 11.3 Å². The van der Waals surface area contributed by atoms with E-state index in [0.29, 0.717) is 6.54 Å². The fourth-order valence-corrected chi connectivity index (χ4v) is 3.82. The highest BCUT2D eigenvalue weighted by molar-refractivity contribution is 5.90. The van der Waals surface area contributed by atoms with Crippen LogP contribution in [0.4, 0.5) is 10.7 Å². The average Bonchev–Trinajstić information content (AvgIpc) is 2.87. The average molecular weight is 460 g/mol. The Morgan fingerprint density at radius 3 is 2.47 bits per heavy atom. The summed E-state index contributed by atoms with van der Waals surface area (Å²) in [6.45, 7) is 5.07. The highest BCUT2D eigenvalue weighted by Crippen LogP contribution is 2.21. The van der Waals surface area contributed by atoms with Gasteiger partial charge in [0.1, 0.15) is 0 Å². The van der Waals surface area contributed by atoms with E-state index in [1.165, 1.54) is 0 Å². The van der Waals surface area contributed by atoms with Gasteiger partial charge in [0.25, 0.3) is 0 Å². The number of guanidine groups is 1. The van der Waals surface area contributed by atoms with Crippen LogP contribution < -0.4 is 21.7 Å². The lowest BCUT2D eigenvalue weighted by atomic mass is 10.1. The predicted octanol–water partition coefficient (Wildman–Crippen LogP) is 1.39. The van der Waals surface area contributed by atoms with Gasteiger partial charge in [0.2, 0.25) is 5.95 Å². The molecule has 4 rings (SSSR count). The van der Waals surface area contributed by atoms with E-state index in [9.17, 15) is 4.79 Å². The van der Waals surface area contributed by atoms with Crippen molar-refractivity contribution in [3.05, 3.63) is 72.3 Å². The number of piperazine rings is 1. The van der Waals surface area contributed by atoms with Crippen LogP contribution in [-0.2, 0) is 13.0 Å². The lowest BCUT2D eigenvalue weighted by Gasteiger charge is -2.34. The van der Waals surface area contributed by atoms with Crippen LogP contribution in [-0.4, -0.2) is 64.6 Å². The van der Waals surface area contributed by atoms with Gasteiger partial charge < -0.3 is 21.7 Å². The van der Waals surface area contributed by atoms with E-state index >= 15 is 0 Å². The number of hydrogen-bond acceptors (Lipinski definition) is 6. The Hall–Kier alpha value is -4.05. The second-order valence-corrected chi connectivity index (χ2v) is 8.07. The van der Waals surface area contributed by atoms with Crippen LogP contribution in [0.5, 0.6) is 0 Å². The zero-order valence-corrected chi connectivity index (χ0v) is 19.0. The van der Waals surface area contributed by atoms with Crippen molar-refractivity contribution in [2.75, 3.05) is 37.6 Å². The molecule has 1 fully saturated rings. The minimum Gasteiger partial charge on any atom is -0.370 e. The van der Waals surface area contributed by atoms with E-state index in [1.54, 1.807) is 0 Å². The van der Waals surface area contributed by atoms with Crippen LogP contribution in [0.2, 0.25) is 0 Å². The topological polar surface area (TPSA) is 139 Å². The standard InChI is InChI=1S/C24H29N9O/c25-22(26)31-24(34)30-15-18-4-3-5-19(14-18)20-16-28-23(29-17-20)33-12-10-32(11-13-33)9-7-21-6-1-2-8-27-21/h1-6,8,14,16-17H,7,9-13,15H2,(H5,25,26,30,31,34). The molecule has 1 saturated heterocycles. The normalized spacial score (nSPS) is 13.9. The molecule has 0 atom stereocenters. The third-order valence-electron chi connectivity index (χ3n) is 5.64. The summed E-state index contributed by atoms with van der Waals surface area (Å²) < 4.78 is 0. The van der Waals surface area contributed by atoms with E-state index in [1.807, 2.05) is 55.0 Å². The molecule has 3 heterocycles. The summed E-state index contributed by atoms with van der Waals surface area (Å²) in [6.07, 6.45) is 6.49. The molecule has 0 spiro atoms. The molecule has 2 aromatic heterocycles. The van der Waals surface area contributed by atoms with Crippen molar-refractivity contribution >= 4 is 17.9 Å². The van der Waals surface area contributed by atoms with Crippen molar-refractivity contribution < 1.29 is 4.79 Å². The zero-order valence-electron chi connectivity index (χ0n) is 19.0. The molecule has 0 radical (unpaired) electrons. The molecule has 1 aliphatic heterocycles. The summed E-state index contributed by atoms with van der Waals surface area (Å²) in [5, 5.41) is 2.65. The fourth-order valence-electron chi connectivity index (χ4n) is 3.82. The van der Waals surface area contributed by atoms with Gasteiger partial charge in [0.05, 0.1) is 0 Å². The zero-order chi connectivity index (χ0) is 23.8. The van der Waals surface area contributed by atoms with Crippen LogP contribution in [0.25, 0.3) is 11.1 Å². The molecule has 0 bridgehead atoms. The summed E-state index contributed by atoms with van der Waals surface area (Å²) in [4.78, 5) is 33.3. The van der Waals surface area contributed by atoms with Gasteiger partial charge in [0, 0.05) is 75.5 Å². The maximum Gasteiger partial charge on any atom is 0.344 e. The molecule has 34 heavy (non-hydrogen) atoms. The van der Waals surface area contributed by atoms with Crippen molar-refractivity contribution in [3.8, 4) is 11.1 Å². The Morgan fingerprint density at radius 1 is 0.971 bits per heavy atom. The number of amides is 2. The third-order valence-corrected chi connectivity index (χ3v) is 5.64. The first kappa shape index (κ1) is 23.1. The van der Waals surface area contributed by atoms with Crippen LogP contribution >= 0.6 is 0 Å². The molecule has 1 aliphatic rings. The molecule has 10 nitrogen and oxygen atoms in total. The monoisotopic (exact) mass is 459 g/mol. The number of aliphatic imine (C=N–C) groups is 1. The maximum atomic E-state index is 11.6. The molecule has 10 heteroatoms. The number of pyridine rings is 1. The van der Waals surface area contributed by atoms with Crippen molar-refractivity contribution in [1.29, 1.82) is 0 Å². The SMILES string of the molecule is NC(N)=NC(=O)NCc1cccc(-c2cnc(N3CCN(CCc4ccccn4)CC3)nc2)c1. The second-order valence-electron chi connectivity index (χ2n) is 8.07. The molecule has 3 aromatic rings. The van der Waals surface area contributed by atoms with Crippen molar-refractivity contribution in [2.24, 2.45) is 16.5 Å². The number of rotatable bonds is 7. The Bertz CT molecular complexity index is 1110. The number of hydrogen-bond donors (Lipinski definition) is 3. The van der Waals surface area contributed by atoms with Crippen molar-refractivity contribution in [2.45, 2.75) is 13.0 Å². The lowest BCUT2D eigenvalue weighted by molar-refractivity contribution is 0.249. The Morgan fingerprint density at radius 2 is 1.76 bits per heavy atom. The summed E-state index contributed by atoms with van der Waals surface area (Å²) in [6, 6.07) is 13.3. The van der Waals surface area contributed by atoms with Gasteiger partial charge in [-0.15, -0.1) is 0 Å². The van der Waals surface area contributed by atoms with Gasteiger partial charge in [-0.2, -0.15) is 4.99 Å². The smallest absolute Gasteiger partial charge is 0.344 e. The number of nitrogens with zero attached hydrogens (tertiary/aromatic N) is 6. The van der Waals surface area contributed by atoms with Gasteiger partial charge in [-0.05, 0) is 29.3 Å². The van der Waals surface area contributed by atoms with Crippen LogP contribution in [0, 0.1) is 0 Å². The highest BCUT2D eigenvalue weighted by Gasteiger charge is 2.19. The number of nitrogens with two attached hydrogens (primary N) is 2. The summed E-state index contributed by atoms with van der Waals surface area (Å²) in [5.41, 5.74) is 14.4. The molecule has 5 N–H and O–H groups in total. The van der Waals surface area contributed by atoms with Crippen molar-refractivity contribution in [1.82, 2.24) is 25.2 Å². The predicted molar refractivity (Wildman–Crippen MR) is 132 cm³/mol. The third kappa shape index (κ3) is 6.48. The van der Waals surface area contributed by atoms with E-state index in [-0.39, 0.29) is 5.96 Å². The Balaban J connectivity index is 1.29. The molecule has 2 amide bonds. The largest absolute Gasteiger partial charge is 0.370 e. The van der Waals surface area contributed by atoms with Gasteiger partial charge in [-0.3, -0.25) is 9.88 Å². The van der Waals surface area contributed by atoms with Crippen LogP contribution in [0.3, 0.4) is 0 Å². The minimum atomic E-state index is -0.574. The maximum absolute atomic E-state index is 11.6. The van der Waals surface area contributed by atoms with E-state index < -0.39 is 6.03 Å².